The molecular weight excluding hydrogens is 196 g/mol. The van der Waals surface area contributed by atoms with E-state index >= 15 is 0 Å². The number of hydrogen-bond acceptors (Lipinski definition) is 2. The van der Waals surface area contributed by atoms with Crippen molar-refractivity contribution < 1.29 is 0 Å². The summed E-state index contributed by atoms with van der Waals surface area (Å²) >= 11 is 0. The number of aryl methyl sites for hydroxylation is 1. The zero-order valence-corrected chi connectivity index (χ0v) is 10.6. The van der Waals surface area contributed by atoms with E-state index in [2.05, 4.69) is 42.4 Å². The molecule has 0 amide bonds. The van der Waals surface area contributed by atoms with Crippen LogP contribution in [0.25, 0.3) is 0 Å². The van der Waals surface area contributed by atoms with Crippen molar-refractivity contribution in [2.24, 2.45) is 0 Å². The molecule has 16 heavy (non-hydrogen) atoms. The molecule has 0 radical (unpaired) electrons. The molecule has 0 fully saturated rings. The number of likely N-dealkylation sites (N-methyl/N-ethyl adjacent to an activating group) is 1. The molecule has 2 heteroatoms. The maximum absolute atomic E-state index is 3.22. The Balaban J connectivity index is 2.11. The van der Waals surface area contributed by atoms with Gasteiger partial charge >= 0.3 is 0 Å². The van der Waals surface area contributed by atoms with Crippen LogP contribution in [-0.2, 0) is 0 Å². The highest BCUT2D eigenvalue weighted by Gasteiger charge is 2.25. The van der Waals surface area contributed by atoms with Gasteiger partial charge in [0.25, 0.3) is 0 Å². The van der Waals surface area contributed by atoms with Crippen LogP contribution in [0.5, 0.6) is 0 Å². The van der Waals surface area contributed by atoms with Gasteiger partial charge in [-0.15, -0.1) is 0 Å². The highest BCUT2D eigenvalue weighted by Crippen LogP contribution is 2.38. The third kappa shape index (κ3) is 2.22. The van der Waals surface area contributed by atoms with Crippen LogP contribution in [-0.4, -0.2) is 27.2 Å². The molecule has 0 aromatic heterocycles. The van der Waals surface area contributed by atoms with Gasteiger partial charge in [-0.1, -0.05) is 17.7 Å². The van der Waals surface area contributed by atoms with Crippen LogP contribution in [0, 0.1) is 6.92 Å². The molecule has 1 aromatic carbocycles. The first-order valence-electron chi connectivity index (χ1n) is 6.18. The third-order valence-electron chi connectivity index (χ3n) is 3.51. The van der Waals surface area contributed by atoms with Gasteiger partial charge in [-0.05, 0) is 45.0 Å². The summed E-state index contributed by atoms with van der Waals surface area (Å²) in [6.45, 7) is 4.49. The molecule has 0 aliphatic carbocycles. The minimum Gasteiger partial charge on any atom is -0.374 e. The molecule has 1 heterocycles. The van der Waals surface area contributed by atoms with E-state index in [-0.39, 0.29) is 0 Å². The molecule has 1 atom stereocenters. The molecule has 0 saturated carbocycles. The Bertz CT molecular complexity index is 360. The van der Waals surface area contributed by atoms with Crippen molar-refractivity contribution in [1.82, 2.24) is 5.32 Å². The molecule has 1 aliphatic heterocycles. The van der Waals surface area contributed by atoms with Gasteiger partial charge in [-0.3, -0.25) is 0 Å². The Morgan fingerprint density at radius 3 is 3.00 bits per heavy atom. The van der Waals surface area contributed by atoms with Gasteiger partial charge in [0.2, 0.25) is 0 Å². The molecule has 0 bridgehead atoms. The molecule has 2 rings (SSSR count). The van der Waals surface area contributed by atoms with Gasteiger partial charge in [-0.2, -0.15) is 0 Å². The lowest BCUT2D eigenvalue weighted by atomic mass is 9.95. The highest BCUT2D eigenvalue weighted by molar-refractivity contribution is 5.60. The SMILES string of the molecule is CNCCCC1CN(C)c2ccc(C)cc21. The first kappa shape index (κ1) is 11.5. The molecule has 0 spiro atoms. The van der Waals surface area contributed by atoms with Gasteiger partial charge in [-0.25, -0.2) is 0 Å². The zero-order valence-electron chi connectivity index (χ0n) is 10.6. The number of nitrogens with zero attached hydrogens (tertiary/aromatic N) is 1. The smallest absolute Gasteiger partial charge is 0.0400 e. The monoisotopic (exact) mass is 218 g/mol. The number of hydrogen-bond donors (Lipinski definition) is 1. The van der Waals surface area contributed by atoms with Gasteiger partial charge in [0.1, 0.15) is 0 Å². The summed E-state index contributed by atoms with van der Waals surface area (Å²) in [4.78, 5) is 2.39. The van der Waals surface area contributed by atoms with Crippen LogP contribution in [0.15, 0.2) is 18.2 Å². The van der Waals surface area contributed by atoms with E-state index in [1.54, 1.807) is 5.56 Å². The van der Waals surface area contributed by atoms with Crippen LogP contribution in [0.4, 0.5) is 5.69 Å². The van der Waals surface area contributed by atoms with E-state index in [0.717, 1.165) is 12.5 Å². The minimum atomic E-state index is 0.730. The molecular formula is C14H22N2. The van der Waals surface area contributed by atoms with Crippen molar-refractivity contribution in [3.05, 3.63) is 29.3 Å². The van der Waals surface area contributed by atoms with E-state index in [1.165, 1.54) is 30.6 Å². The number of nitrogens with one attached hydrogen (secondary N) is 1. The summed E-state index contributed by atoms with van der Waals surface area (Å²) in [7, 11) is 4.23. The van der Waals surface area contributed by atoms with Gasteiger partial charge in [0.05, 0.1) is 0 Å². The number of rotatable bonds is 4. The van der Waals surface area contributed by atoms with Crippen molar-refractivity contribution in [2.45, 2.75) is 25.7 Å². The fraction of sp³-hybridized carbons (Fsp3) is 0.571. The average Bonchev–Trinajstić information content (AvgIpc) is 2.56. The molecule has 1 N–H and O–H groups in total. The fourth-order valence-electron chi connectivity index (χ4n) is 2.65. The minimum absolute atomic E-state index is 0.730. The van der Waals surface area contributed by atoms with E-state index in [1.807, 2.05) is 7.05 Å². The van der Waals surface area contributed by atoms with E-state index in [4.69, 9.17) is 0 Å². The topological polar surface area (TPSA) is 15.3 Å². The standard InChI is InChI=1S/C14H22N2/c1-11-6-7-14-13(9-11)12(10-16(14)3)5-4-8-15-2/h6-7,9,12,15H,4-5,8,10H2,1-3H3. The largest absolute Gasteiger partial charge is 0.374 e. The van der Waals surface area contributed by atoms with Crippen LogP contribution in [0.3, 0.4) is 0 Å². The lowest BCUT2D eigenvalue weighted by Gasteiger charge is -2.12. The summed E-state index contributed by atoms with van der Waals surface area (Å²) in [6, 6.07) is 6.84. The maximum atomic E-state index is 3.22. The average molecular weight is 218 g/mol. The lowest BCUT2D eigenvalue weighted by molar-refractivity contribution is 0.594. The van der Waals surface area contributed by atoms with Crippen LogP contribution >= 0.6 is 0 Å². The second-order valence-electron chi connectivity index (χ2n) is 4.89. The van der Waals surface area contributed by atoms with Crippen molar-refractivity contribution in [3.63, 3.8) is 0 Å². The zero-order chi connectivity index (χ0) is 11.5. The number of benzene rings is 1. The Hall–Kier alpha value is -1.02. The number of anilines is 1. The molecule has 1 unspecified atom stereocenters. The first-order chi connectivity index (χ1) is 7.72. The molecule has 1 aliphatic rings. The Labute approximate surface area is 98.7 Å². The summed E-state index contributed by atoms with van der Waals surface area (Å²) in [5, 5.41) is 3.22. The van der Waals surface area contributed by atoms with Gasteiger partial charge in [0.15, 0.2) is 0 Å². The maximum Gasteiger partial charge on any atom is 0.0400 e. The third-order valence-corrected chi connectivity index (χ3v) is 3.51. The summed E-state index contributed by atoms with van der Waals surface area (Å²) in [5.41, 5.74) is 4.37. The Morgan fingerprint density at radius 1 is 1.44 bits per heavy atom. The summed E-state index contributed by atoms with van der Waals surface area (Å²) < 4.78 is 0. The Kier molecular flexibility index (Phi) is 3.49. The lowest BCUT2D eigenvalue weighted by Crippen LogP contribution is -2.16. The summed E-state index contributed by atoms with van der Waals surface area (Å²) in [6.07, 6.45) is 2.56. The van der Waals surface area contributed by atoms with Crippen molar-refractivity contribution >= 4 is 5.69 Å². The quantitative estimate of drug-likeness (QED) is 0.781. The van der Waals surface area contributed by atoms with E-state index in [9.17, 15) is 0 Å². The van der Waals surface area contributed by atoms with E-state index < -0.39 is 0 Å². The predicted molar refractivity (Wildman–Crippen MR) is 70.4 cm³/mol. The van der Waals surface area contributed by atoms with Gasteiger partial charge in [0, 0.05) is 25.2 Å². The molecule has 2 nitrogen and oxygen atoms in total. The Morgan fingerprint density at radius 2 is 2.25 bits per heavy atom. The van der Waals surface area contributed by atoms with Crippen LogP contribution < -0.4 is 10.2 Å². The predicted octanol–water partition coefficient (Wildman–Crippen LogP) is 2.53. The molecule has 0 saturated heterocycles. The van der Waals surface area contributed by atoms with E-state index in [0.29, 0.717) is 0 Å². The second-order valence-corrected chi connectivity index (χ2v) is 4.89. The summed E-state index contributed by atoms with van der Waals surface area (Å²) in [5.74, 6) is 0.730. The van der Waals surface area contributed by atoms with Crippen molar-refractivity contribution in [2.75, 3.05) is 32.1 Å². The second kappa shape index (κ2) is 4.88. The fourth-order valence-corrected chi connectivity index (χ4v) is 2.65. The van der Waals surface area contributed by atoms with Crippen molar-refractivity contribution in [3.8, 4) is 0 Å². The van der Waals surface area contributed by atoms with Crippen LogP contribution in [0.1, 0.15) is 29.9 Å². The number of fused-ring (bicyclic) bond motifs is 1. The van der Waals surface area contributed by atoms with Crippen LogP contribution in [0.2, 0.25) is 0 Å². The first-order valence-corrected chi connectivity index (χ1v) is 6.18. The van der Waals surface area contributed by atoms with Gasteiger partial charge < -0.3 is 10.2 Å². The normalized spacial score (nSPS) is 18.9. The van der Waals surface area contributed by atoms with Crippen molar-refractivity contribution in [1.29, 1.82) is 0 Å². The molecule has 1 aromatic rings. The highest BCUT2D eigenvalue weighted by atomic mass is 15.1. The molecule has 88 valence electrons.